The van der Waals surface area contributed by atoms with E-state index in [1.807, 2.05) is 12.1 Å². The predicted octanol–water partition coefficient (Wildman–Crippen LogP) is 4.23. The molecule has 3 heteroatoms. The maximum atomic E-state index is 14.0. The molecule has 21 heavy (non-hydrogen) atoms. The van der Waals surface area contributed by atoms with Gasteiger partial charge in [0, 0.05) is 17.6 Å². The van der Waals surface area contributed by atoms with Crippen LogP contribution in [-0.2, 0) is 0 Å². The predicted molar refractivity (Wildman–Crippen MR) is 89.0 cm³/mol. The zero-order chi connectivity index (χ0) is 16.0. The molecule has 0 saturated carbocycles. The molecule has 0 radical (unpaired) electrons. The molecule has 0 aliphatic rings. The zero-order valence-corrected chi connectivity index (χ0v) is 14.4. The van der Waals surface area contributed by atoms with E-state index in [1.165, 1.54) is 0 Å². The third-order valence-corrected chi connectivity index (χ3v) is 4.42. The molecule has 1 aromatic carbocycles. The summed E-state index contributed by atoms with van der Waals surface area (Å²) in [5.41, 5.74) is 1.02. The van der Waals surface area contributed by atoms with E-state index in [-0.39, 0.29) is 17.3 Å². The summed E-state index contributed by atoms with van der Waals surface area (Å²) in [7, 11) is 2.15. The summed E-state index contributed by atoms with van der Waals surface area (Å²) >= 11 is 0. The van der Waals surface area contributed by atoms with E-state index < -0.39 is 0 Å². The molecule has 2 unspecified atom stereocenters. The monoisotopic (exact) mass is 294 g/mol. The van der Waals surface area contributed by atoms with Gasteiger partial charge in [-0.3, -0.25) is 0 Å². The van der Waals surface area contributed by atoms with Crippen LogP contribution in [0.3, 0.4) is 0 Å². The third-order valence-electron chi connectivity index (χ3n) is 4.42. The van der Waals surface area contributed by atoms with Crippen molar-refractivity contribution in [3.8, 4) is 0 Å². The highest BCUT2D eigenvalue weighted by Gasteiger charge is 2.24. The summed E-state index contributed by atoms with van der Waals surface area (Å²) < 4.78 is 14.0. The van der Waals surface area contributed by atoms with Crippen LogP contribution in [0.4, 0.5) is 4.39 Å². The summed E-state index contributed by atoms with van der Waals surface area (Å²) in [6.45, 7) is 12.9. The van der Waals surface area contributed by atoms with Crippen molar-refractivity contribution in [1.29, 1.82) is 0 Å². The van der Waals surface area contributed by atoms with E-state index in [1.54, 1.807) is 12.1 Å². The number of nitrogens with zero attached hydrogens (tertiary/aromatic N) is 1. The molecular weight excluding hydrogens is 263 g/mol. The van der Waals surface area contributed by atoms with Gasteiger partial charge in [0.2, 0.25) is 0 Å². The molecule has 2 nitrogen and oxygen atoms in total. The zero-order valence-electron chi connectivity index (χ0n) is 14.4. The normalized spacial score (nSPS) is 15.2. The second kappa shape index (κ2) is 7.90. The lowest BCUT2D eigenvalue weighted by atomic mass is 9.87. The van der Waals surface area contributed by atoms with Gasteiger partial charge in [-0.1, -0.05) is 45.9 Å². The Morgan fingerprint density at radius 1 is 1.24 bits per heavy atom. The second-order valence-electron chi connectivity index (χ2n) is 6.94. The van der Waals surface area contributed by atoms with Crippen LogP contribution in [0.5, 0.6) is 0 Å². The maximum absolute atomic E-state index is 14.0. The van der Waals surface area contributed by atoms with Crippen molar-refractivity contribution >= 4 is 0 Å². The van der Waals surface area contributed by atoms with Crippen molar-refractivity contribution in [1.82, 2.24) is 10.2 Å². The van der Waals surface area contributed by atoms with Crippen molar-refractivity contribution < 1.29 is 4.39 Å². The van der Waals surface area contributed by atoms with Crippen LogP contribution in [0.1, 0.15) is 52.6 Å². The fourth-order valence-corrected chi connectivity index (χ4v) is 2.56. The van der Waals surface area contributed by atoms with E-state index in [2.05, 4.69) is 51.9 Å². The Bertz CT molecular complexity index is 425. The first kappa shape index (κ1) is 18.1. The molecule has 0 fully saturated rings. The summed E-state index contributed by atoms with van der Waals surface area (Å²) in [4.78, 5) is 2.37. The highest BCUT2D eigenvalue weighted by atomic mass is 19.1. The Morgan fingerprint density at radius 2 is 1.86 bits per heavy atom. The van der Waals surface area contributed by atoms with Gasteiger partial charge in [-0.05, 0) is 45.0 Å². The Balaban J connectivity index is 2.70. The molecule has 2 atom stereocenters. The maximum Gasteiger partial charge on any atom is 0.127 e. The Hall–Kier alpha value is -0.930. The first-order valence-corrected chi connectivity index (χ1v) is 7.95. The molecule has 0 aliphatic heterocycles. The van der Waals surface area contributed by atoms with Gasteiger partial charge < -0.3 is 10.2 Å². The van der Waals surface area contributed by atoms with Crippen molar-refractivity contribution in [2.45, 2.75) is 53.1 Å². The molecule has 0 aliphatic carbocycles. The first-order chi connectivity index (χ1) is 9.77. The molecule has 1 rings (SSSR count). The van der Waals surface area contributed by atoms with Crippen molar-refractivity contribution in [2.75, 3.05) is 20.1 Å². The lowest BCUT2D eigenvalue weighted by molar-refractivity contribution is 0.135. The quantitative estimate of drug-likeness (QED) is 0.809. The summed E-state index contributed by atoms with van der Waals surface area (Å²) in [5, 5.41) is 3.41. The third kappa shape index (κ3) is 5.40. The Morgan fingerprint density at radius 3 is 2.38 bits per heavy atom. The van der Waals surface area contributed by atoms with E-state index in [0.717, 1.165) is 25.1 Å². The Labute approximate surface area is 129 Å². The number of halogens is 1. The minimum atomic E-state index is -0.116. The van der Waals surface area contributed by atoms with Gasteiger partial charge in [-0.25, -0.2) is 4.39 Å². The van der Waals surface area contributed by atoms with E-state index >= 15 is 0 Å². The molecule has 1 N–H and O–H groups in total. The lowest BCUT2D eigenvalue weighted by Gasteiger charge is -2.36. The van der Waals surface area contributed by atoms with E-state index in [0.29, 0.717) is 6.04 Å². The van der Waals surface area contributed by atoms with Crippen LogP contribution in [0, 0.1) is 11.2 Å². The van der Waals surface area contributed by atoms with Gasteiger partial charge in [0.05, 0.1) is 0 Å². The number of benzene rings is 1. The van der Waals surface area contributed by atoms with Gasteiger partial charge in [0.15, 0.2) is 0 Å². The van der Waals surface area contributed by atoms with Crippen LogP contribution in [0.25, 0.3) is 0 Å². The fourth-order valence-electron chi connectivity index (χ4n) is 2.56. The molecule has 0 aromatic heterocycles. The molecule has 0 bridgehead atoms. The van der Waals surface area contributed by atoms with Crippen molar-refractivity contribution in [3.63, 3.8) is 0 Å². The van der Waals surface area contributed by atoms with Gasteiger partial charge in [-0.15, -0.1) is 0 Å². The molecule has 0 amide bonds. The van der Waals surface area contributed by atoms with Crippen LogP contribution in [0.15, 0.2) is 24.3 Å². The molecule has 0 heterocycles. The highest BCUT2D eigenvalue weighted by Crippen LogP contribution is 2.25. The lowest BCUT2D eigenvalue weighted by Crippen LogP contribution is -2.40. The van der Waals surface area contributed by atoms with Crippen LogP contribution < -0.4 is 5.32 Å². The van der Waals surface area contributed by atoms with Crippen LogP contribution >= 0.6 is 0 Å². The van der Waals surface area contributed by atoms with Crippen LogP contribution in [-0.4, -0.2) is 31.1 Å². The first-order valence-electron chi connectivity index (χ1n) is 7.95. The fraction of sp³-hybridized carbons (Fsp3) is 0.667. The molecule has 120 valence electrons. The molecule has 1 aromatic rings. The van der Waals surface area contributed by atoms with Gasteiger partial charge in [0.1, 0.15) is 5.82 Å². The van der Waals surface area contributed by atoms with Crippen molar-refractivity contribution in [3.05, 3.63) is 35.6 Å². The summed E-state index contributed by atoms with van der Waals surface area (Å²) in [6.07, 6.45) is 0.908. The average molecular weight is 294 g/mol. The van der Waals surface area contributed by atoms with Crippen LogP contribution in [0.2, 0.25) is 0 Å². The van der Waals surface area contributed by atoms with E-state index in [4.69, 9.17) is 0 Å². The average Bonchev–Trinajstić information content (AvgIpc) is 2.42. The summed E-state index contributed by atoms with van der Waals surface area (Å²) in [5.74, 6) is -0.116. The van der Waals surface area contributed by atoms with Crippen molar-refractivity contribution in [2.24, 2.45) is 5.41 Å². The second-order valence-corrected chi connectivity index (χ2v) is 6.94. The Kier molecular flexibility index (Phi) is 6.82. The number of nitrogens with one attached hydrogen (secondary N) is 1. The van der Waals surface area contributed by atoms with Gasteiger partial charge >= 0.3 is 0 Å². The number of hydrogen-bond donors (Lipinski definition) is 1. The highest BCUT2D eigenvalue weighted by molar-refractivity contribution is 5.21. The van der Waals surface area contributed by atoms with E-state index in [9.17, 15) is 4.39 Å². The molecule has 0 saturated heterocycles. The SMILES string of the molecule is CCNC(CCN(C)C(C)C(C)(C)C)c1ccccc1F. The summed E-state index contributed by atoms with van der Waals surface area (Å²) in [6, 6.07) is 7.64. The minimum Gasteiger partial charge on any atom is -0.310 e. The smallest absolute Gasteiger partial charge is 0.127 e. The topological polar surface area (TPSA) is 15.3 Å². The largest absolute Gasteiger partial charge is 0.310 e. The molecule has 0 spiro atoms. The standard InChI is InChI=1S/C18H31FN2/c1-7-20-17(15-10-8-9-11-16(15)19)12-13-21(6)14(2)18(3,4)5/h8-11,14,17,20H,7,12-13H2,1-6H3. The van der Waals surface area contributed by atoms with Gasteiger partial charge in [-0.2, -0.15) is 0 Å². The van der Waals surface area contributed by atoms with Gasteiger partial charge in [0.25, 0.3) is 0 Å². The number of rotatable bonds is 7. The molecular formula is C18H31FN2. The number of hydrogen-bond acceptors (Lipinski definition) is 2. The minimum absolute atomic E-state index is 0.0748.